The summed E-state index contributed by atoms with van der Waals surface area (Å²) in [5.41, 5.74) is 4.53. The van der Waals surface area contributed by atoms with E-state index in [9.17, 15) is 9.90 Å². The first-order valence-electron chi connectivity index (χ1n) is 7.95. The van der Waals surface area contributed by atoms with Crippen molar-refractivity contribution in [1.29, 1.82) is 0 Å². The zero-order valence-corrected chi connectivity index (χ0v) is 13.6. The predicted molar refractivity (Wildman–Crippen MR) is 96.3 cm³/mol. The lowest BCUT2D eigenvalue weighted by Gasteiger charge is -2.08. The van der Waals surface area contributed by atoms with E-state index in [4.69, 9.17) is 9.84 Å². The summed E-state index contributed by atoms with van der Waals surface area (Å²) < 4.78 is 4.90. The van der Waals surface area contributed by atoms with Crippen LogP contribution >= 0.6 is 0 Å². The zero-order chi connectivity index (χ0) is 17.6. The first-order valence-corrected chi connectivity index (χ1v) is 7.95. The summed E-state index contributed by atoms with van der Waals surface area (Å²) in [6.45, 7) is -0.191. The predicted octanol–water partition coefficient (Wildman–Crippen LogP) is 3.88. The van der Waals surface area contributed by atoms with Crippen molar-refractivity contribution in [1.82, 2.24) is 0 Å². The second kappa shape index (κ2) is 7.64. The molecule has 0 atom stereocenters. The number of ether oxygens (including phenoxy) is 1. The fourth-order valence-corrected chi connectivity index (χ4v) is 2.55. The molecule has 3 aromatic carbocycles. The summed E-state index contributed by atoms with van der Waals surface area (Å²) in [5, 5.41) is 18.1. The highest BCUT2D eigenvalue weighted by atomic mass is 16.5. The highest BCUT2D eigenvalue weighted by molar-refractivity contribution is 5.90. The molecular formula is C21H18O4. The number of aromatic hydroxyl groups is 1. The molecule has 0 saturated heterocycles. The van der Waals surface area contributed by atoms with Crippen LogP contribution in [0.2, 0.25) is 0 Å². The van der Waals surface area contributed by atoms with Crippen LogP contribution in [0.3, 0.4) is 0 Å². The van der Waals surface area contributed by atoms with E-state index in [1.807, 2.05) is 42.5 Å². The number of aliphatic hydroxyl groups is 1. The van der Waals surface area contributed by atoms with Gasteiger partial charge in [0.2, 0.25) is 0 Å². The van der Waals surface area contributed by atoms with Crippen LogP contribution < -0.4 is 0 Å². The van der Waals surface area contributed by atoms with E-state index in [1.54, 1.807) is 24.3 Å². The number of esters is 1. The fraction of sp³-hybridized carbons (Fsp3) is 0.0952. The van der Waals surface area contributed by atoms with Crippen molar-refractivity contribution in [2.45, 2.75) is 0 Å². The molecule has 0 saturated carbocycles. The molecule has 3 aromatic rings. The number of carbonyl (C=O) groups excluding carboxylic acids is 1. The van der Waals surface area contributed by atoms with E-state index >= 15 is 0 Å². The van der Waals surface area contributed by atoms with E-state index in [1.165, 1.54) is 0 Å². The molecular weight excluding hydrogens is 316 g/mol. The van der Waals surface area contributed by atoms with Gasteiger partial charge in [0, 0.05) is 0 Å². The Labute approximate surface area is 146 Å². The van der Waals surface area contributed by atoms with Gasteiger partial charge in [-0.1, -0.05) is 42.5 Å². The van der Waals surface area contributed by atoms with Gasteiger partial charge in [-0.05, 0) is 52.6 Å². The van der Waals surface area contributed by atoms with Gasteiger partial charge in [0.05, 0.1) is 12.2 Å². The summed E-state index contributed by atoms with van der Waals surface area (Å²) >= 11 is 0. The maximum Gasteiger partial charge on any atom is 0.338 e. The minimum absolute atomic E-state index is 0.00470. The quantitative estimate of drug-likeness (QED) is 0.695. The molecule has 0 aliphatic heterocycles. The summed E-state index contributed by atoms with van der Waals surface area (Å²) in [4.78, 5) is 11.8. The maximum atomic E-state index is 11.8. The van der Waals surface area contributed by atoms with Crippen LogP contribution in [-0.2, 0) is 4.74 Å². The SMILES string of the molecule is O=C(OCCO)c1ccc(-c2cccc(-c3ccc(O)cc3)c2)cc1. The number of carbonyl (C=O) groups is 1. The average Bonchev–Trinajstić information content (AvgIpc) is 2.67. The van der Waals surface area contributed by atoms with Crippen molar-refractivity contribution in [3.63, 3.8) is 0 Å². The molecule has 4 heteroatoms. The number of hydrogen-bond acceptors (Lipinski definition) is 4. The largest absolute Gasteiger partial charge is 0.508 e. The minimum atomic E-state index is -0.446. The molecule has 3 rings (SSSR count). The van der Waals surface area contributed by atoms with Crippen LogP contribution in [0.5, 0.6) is 5.75 Å². The van der Waals surface area contributed by atoms with Gasteiger partial charge in [0.15, 0.2) is 0 Å². The Balaban J connectivity index is 1.83. The van der Waals surface area contributed by atoms with Gasteiger partial charge in [-0.3, -0.25) is 0 Å². The molecule has 0 amide bonds. The number of aliphatic hydroxyl groups excluding tert-OH is 1. The highest BCUT2D eigenvalue weighted by Crippen LogP contribution is 2.27. The van der Waals surface area contributed by atoms with E-state index in [0.717, 1.165) is 22.3 Å². The lowest BCUT2D eigenvalue weighted by atomic mass is 9.98. The van der Waals surface area contributed by atoms with Crippen molar-refractivity contribution in [3.8, 4) is 28.0 Å². The lowest BCUT2D eigenvalue weighted by molar-refractivity contribution is 0.0434. The topological polar surface area (TPSA) is 66.8 Å². The molecule has 0 heterocycles. The van der Waals surface area contributed by atoms with Crippen molar-refractivity contribution in [2.24, 2.45) is 0 Å². The molecule has 0 bridgehead atoms. The lowest BCUT2D eigenvalue weighted by Crippen LogP contribution is -2.08. The van der Waals surface area contributed by atoms with E-state index in [-0.39, 0.29) is 19.0 Å². The van der Waals surface area contributed by atoms with Gasteiger partial charge < -0.3 is 14.9 Å². The standard InChI is InChI=1S/C21H18O4/c22-12-13-25-21(24)17-6-4-15(5-7-17)18-2-1-3-19(14-18)16-8-10-20(23)11-9-16/h1-11,14,22-23H,12-13H2. The highest BCUT2D eigenvalue weighted by Gasteiger charge is 2.07. The second-order valence-electron chi connectivity index (χ2n) is 5.56. The van der Waals surface area contributed by atoms with Crippen LogP contribution in [0.4, 0.5) is 0 Å². The minimum Gasteiger partial charge on any atom is -0.508 e. The Morgan fingerprint density at radius 3 is 1.92 bits per heavy atom. The Bertz CT molecular complexity index is 852. The van der Waals surface area contributed by atoms with Crippen LogP contribution in [0, 0.1) is 0 Å². The van der Waals surface area contributed by atoms with Gasteiger partial charge in [-0.15, -0.1) is 0 Å². The molecule has 126 valence electrons. The molecule has 0 aliphatic rings. The Morgan fingerprint density at radius 2 is 1.36 bits per heavy atom. The van der Waals surface area contributed by atoms with Gasteiger partial charge in [0.25, 0.3) is 0 Å². The molecule has 0 aromatic heterocycles. The Kier molecular flexibility index (Phi) is 5.11. The summed E-state index contributed by atoms with van der Waals surface area (Å²) in [6, 6.07) is 22.3. The number of rotatable bonds is 5. The third-order valence-corrected chi connectivity index (χ3v) is 3.84. The Hall–Kier alpha value is -3.11. The Morgan fingerprint density at radius 1 is 0.800 bits per heavy atom. The van der Waals surface area contributed by atoms with E-state index in [2.05, 4.69) is 6.07 Å². The van der Waals surface area contributed by atoms with E-state index < -0.39 is 5.97 Å². The molecule has 25 heavy (non-hydrogen) atoms. The second-order valence-corrected chi connectivity index (χ2v) is 5.56. The fourth-order valence-electron chi connectivity index (χ4n) is 2.55. The van der Waals surface area contributed by atoms with Crippen LogP contribution in [0.1, 0.15) is 10.4 Å². The van der Waals surface area contributed by atoms with E-state index in [0.29, 0.717) is 5.56 Å². The number of hydrogen-bond donors (Lipinski definition) is 2. The van der Waals surface area contributed by atoms with Gasteiger partial charge in [-0.2, -0.15) is 0 Å². The maximum absolute atomic E-state index is 11.8. The molecule has 0 aliphatic carbocycles. The molecule has 0 radical (unpaired) electrons. The first-order chi connectivity index (χ1) is 12.2. The number of phenols is 1. The average molecular weight is 334 g/mol. The van der Waals surface area contributed by atoms with Gasteiger partial charge in [0.1, 0.15) is 12.4 Å². The third-order valence-electron chi connectivity index (χ3n) is 3.84. The summed E-state index contributed by atoms with van der Waals surface area (Å²) in [7, 11) is 0. The van der Waals surface area contributed by atoms with Gasteiger partial charge >= 0.3 is 5.97 Å². The van der Waals surface area contributed by atoms with Crippen LogP contribution in [0.25, 0.3) is 22.3 Å². The smallest absolute Gasteiger partial charge is 0.338 e. The first kappa shape index (κ1) is 16.7. The molecule has 4 nitrogen and oxygen atoms in total. The van der Waals surface area contributed by atoms with Crippen molar-refractivity contribution in [2.75, 3.05) is 13.2 Å². The monoisotopic (exact) mass is 334 g/mol. The van der Waals surface area contributed by atoms with Crippen LogP contribution in [-0.4, -0.2) is 29.4 Å². The number of benzene rings is 3. The van der Waals surface area contributed by atoms with Crippen molar-refractivity contribution >= 4 is 5.97 Å². The van der Waals surface area contributed by atoms with Crippen molar-refractivity contribution in [3.05, 3.63) is 78.4 Å². The molecule has 0 spiro atoms. The summed E-state index contributed by atoms with van der Waals surface area (Å²) in [5.74, 6) is -0.206. The van der Waals surface area contributed by atoms with Crippen molar-refractivity contribution < 1.29 is 19.7 Å². The van der Waals surface area contributed by atoms with Gasteiger partial charge in [-0.25, -0.2) is 4.79 Å². The van der Waals surface area contributed by atoms with Crippen LogP contribution in [0.15, 0.2) is 72.8 Å². The molecule has 0 fully saturated rings. The molecule has 0 unspecified atom stereocenters. The number of phenolic OH excluding ortho intramolecular Hbond substituents is 1. The zero-order valence-electron chi connectivity index (χ0n) is 13.6. The summed E-state index contributed by atoms with van der Waals surface area (Å²) in [6.07, 6.45) is 0. The normalized spacial score (nSPS) is 10.4. The third kappa shape index (κ3) is 4.05. The molecule has 2 N–H and O–H groups in total.